The van der Waals surface area contributed by atoms with E-state index in [4.69, 9.17) is 16.3 Å². The molecule has 2 aromatic rings. The van der Waals surface area contributed by atoms with Crippen molar-refractivity contribution in [2.75, 3.05) is 12.4 Å². The smallest absolute Gasteiger partial charge is 0.145 e. The summed E-state index contributed by atoms with van der Waals surface area (Å²) >= 11 is 9.27. The van der Waals surface area contributed by atoms with Gasteiger partial charge in [0.25, 0.3) is 0 Å². The van der Waals surface area contributed by atoms with Gasteiger partial charge in [-0.15, -0.1) is 0 Å². The normalized spacial score (nSPS) is 16.9. The van der Waals surface area contributed by atoms with Gasteiger partial charge in [0.05, 0.1) is 17.8 Å². The van der Waals surface area contributed by atoms with Gasteiger partial charge in [0.1, 0.15) is 22.9 Å². The Labute approximate surface area is 147 Å². The van der Waals surface area contributed by atoms with Gasteiger partial charge in [-0.3, -0.25) is 0 Å². The molecule has 1 N–H and O–H groups in total. The fraction of sp³-hybridized carbons (Fsp3) is 0.353. The zero-order valence-corrected chi connectivity index (χ0v) is 14.9. The van der Waals surface area contributed by atoms with Gasteiger partial charge in [-0.05, 0) is 49.1 Å². The lowest BCUT2D eigenvalue weighted by atomic mass is 9.95. The molecule has 1 saturated carbocycles. The predicted molar refractivity (Wildman–Crippen MR) is 91.6 cm³/mol. The van der Waals surface area contributed by atoms with Crippen LogP contribution in [-0.4, -0.2) is 22.5 Å². The van der Waals surface area contributed by atoms with Gasteiger partial charge >= 0.3 is 0 Å². The summed E-state index contributed by atoms with van der Waals surface area (Å²) in [5.74, 6) is 0.261. The van der Waals surface area contributed by atoms with Crippen molar-refractivity contribution >= 4 is 27.5 Å². The standard InChI is InChI=1S/C17H16BrClFNO2/c1-23-14-6-7-15(17(22,9-18)11-3-4-11)21-16(14)10-2-5-13(20)12(19)8-10/h2,5-8,11,22H,3-4,9H2,1H3. The Morgan fingerprint density at radius 2 is 2.13 bits per heavy atom. The lowest BCUT2D eigenvalue weighted by Crippen LogP contribution is -2.31. The highest BCUT2D eigenvalue weighted by molar-refractivity contribution is 9.09. The number of alkyl halides is 1. The first-order chi connectivity index (χ1) is 11.0. The molecule has 0 aliphatic heterocycles. The molecule has 3 nitrogen and oxygen atoms in total. The van der Waals surface area contributed by atoms with Gasteiger partial charge in [-0.1, -0.05) is 27.5 Å². The van der Waals surface area contributed by atoms with E-state index in [-0.39, 0.29) is 10.9 Å². The van der Waals surface area contributed by atoms with Crippen LogP contribution in [0.2, 0.25) is 5.02 Å². The second-order valence-electron chi connectivity index (χ2n) is 5.71. The molecule has 6 heteroatoms. The van der Waals surface area contributed by atoms with Crippen molar-refractivity contribution < 1.29 is 14.2 Å². The molecule has 3 rings (SSSR count). The molecule has 1 aromatic heterocycles. The third-order valence-corrected chi connectivity index (χ3v) is 5.32. The van der Waals surface area contributed by atoms with Crippen LogP contribution >= 0.6 is 27.5 Å². The van der Waals surface area contributed by atoms with Crippen molar-refractivity contribution in [1.29, 1.82) is 0 Å². The number of aromatic nitrogens is 1. The molecule has 122 valence electrons. The van der Waals surface area contributed by atoms with E-state index in [1.165, 1.54) is 12.1 Å². The van der Waals surface area contributed by atoms with Crippen molar-refractivity contribution in [2.24, 2.45) is 5.92 Å². The predicted octanol–water partition coefficient (Wildman–Crippen LogP) is 4.54. The third kappa shape index (κ3) is 3.10. The van der Waals surface area contributed by atoms with Gasteiger partial charge in [0.2, 0.25) is 0 Å². The van der Waals surface area contributed by atoms with Crippen LogP contribution in [0.4, 0.5) is 4.39 Å². The molecule has 1 unspecified atom stereocenters. The Morgan fingerprint density at radius 3 is 2.70 bits per heavy atom. The van der Waals surface area contributed by atoms with Crippen LogP contribution in [0.1, 0.15) is 18.5 Å². The minimum Gasteiger partial charge on any atom is -0.494 e. The van der Waals surface area contributed by atoms with Crippen LogP contribution in [0.25, 0.3) is 11.3 Å². The van der Waals surface area contributed by atoms with Gasteiger partial charge in [-0.2, -0.15) is 0 Å². The van der Waals surface area contributed by atoms with Gasteiger partial charge in [0.15, 0.2) is 0 Å². The molecule has 1 fully saturated rings. The minimum absolute atomic E-state index is 0.0229. The lowest BCUT2D eigenvalue weighted by Gasteiger charge is -2.26. The lowest BCUT2D eigenvalue weighted by molar-refractivity contribution is 0.0352. The average Bonchev–Trinajstić information content (AvgIpc) is 3.41. The van der Waals surface area contributed by atoms with E-state index in [0.29, 0.717) is 28.0 Å². The van der Waals surface area contributed by atoms with E-state index in [9.17, 15) is 9.50 Å². The van der Waals surface area contributed by atoms with Crippen molar-refractivity contribution in [3.8, 4) is 17.0 Å². The zero-order valence-electron chi connectivity index (χ0n) is 12.5. The average molecular weight is 401 g/mol. The summed E-state index contributed by atoms with van der Waals surface area (Å²) in [6, 6.07) is 7.94. The number of halogens is 3. The molecule has 0 amide bonds. The van der Waals surface area contributed by atoms with Crippen LogP contribution < -0.4 is 4.74 Å². The molecule has 0 spiro atoms. The molecule has 1 aromatic carbocycles. The number of rotatable bonds is 5. The first kappa shape index (κ1) is 16.7. The summed E-state index contributed by atoms with van der Waals surface area (Å²) < 4.78 is 18.8. The van der Waals surface area contributed by atoms with Gasteiger partial charge in [0, 0.05) is 10.9 Å². The van der Waals surface area contributed by atoms with E-state index in [0.717, 1.165) is 12.8 Å². The van der Waals surface area contributed by atoms with E-state index in [1.807, 2.05) is 0 Å². The number of pyridine rings is 1. The fourth-order valence-corrected chi connectivity index (χ4v) is 3.58. The topological polar surface area (TPSA) is 42.4 Å². The molecule has 1 aliphatic rings. The molecule has 0 radical (unpaired) electrons. The van der Waals surface area contributed by atoms with Crippen LogP contribution in [-0.2, 0) is 5.60 Å². The first-order valence-corrected chi connectivity index (χ1v) is 8.79. The number of methoxy groups -OCH3 is 1. The molecule has 0 bridgehead atoms. The molecule has 1 aliphatic carbocycles. The summed E-state index contributed by atoms with van der Waals surface area (Å²) in [7, 11) is 1.54. The molecule has 23 heavy (non-hydrogen) atoms. The van der Waals surface area contributed by atoms with Crippen molar-refractivity contribution in [3.05, 3.63) is 46.9 Å². The Morgan fingerprint density at radius 1 is 1.39 bits per heavy atom. The number of hydrogen-bond donors (Lipinski definition) is 1. The highest BCUT2D eigenvalue weighted by Gasteiger charge is 2.45. The van der Waals surface area contributed by atoms with E-state index in [1.54, 1.807) is 25.3 Å². The summed E-state index contributed by atoms with van der Waals surface area (Å²) in [5, 5.41) is 11.4. The van der Waals surface area contributed by atoms with Crippen LogP contribution in [0.15, 0.2) is 30.3 Å². The monoisotopic (exact) mass is 399 g/mol. The number of ether oxygens (including phenoxy) is 1. The maximum absolute atomic E-state index is 13.4. The quantitative estimate of drug-likeness (QED) is 0.749. The van der Waals surface area contributed by atoms with E-state index in [2.05, 4.69) is 20.9 Å². The third-order valence-electron chi connectivity index (χ3n) is 4.17. The second kappa shape index (κ2) is 6.38. The van der Waals surface area contributed by atoms with E-state index >= 15 is 0 Å². The van der Waals surface area contributed by atoms with Gasteiger partial charge in [-0.25, -0.2) is 9.37 Å². The number of aliphatic hydroxyl groups is 1. The highest BCUT2D eigenvalue weighted by atomic mass is 79.9. The number of benzene rings is 1. The van der Waals surface area contributed by atoms with Crippen molar-refractivity contribution in [3.63, 3.8) is 0 Å². The largest absolute Gasteiger partial charge is 0.494 e. The first-order valence-electron chi connectivity index (χ1n) is 7.29. The Bertz CT molecular complexity index is 739. The molecule has 1 heterocycles. The summed E-state index contributed by atoms with van der Waals surface area (Å²) in [6.45, 7) is 0. The minimum atomic E-state index is -1.01. The SMILES string of the molecule is COc1ccc(C(O)(CBr)C2CC2)nc1-c1ccc(F)c(Cl)c1. The van der Waals surface area contributed by atoms with Crippen LogP contribution in [0, 0.1) is 11.7 Å². The highest BCUT2D eigenvalue weighted by Crippen LogP contribution is 2.47. The summed E-state index contributed by atoms with van der Waals surface area (Å²) in [6.07, 6.45) is 1.96. The van der Waals surface area contributed by atoms with Crippen LogP contribution in [0.5, 0.6) is 5.75 Å². The number of hydrogen-bond acceptors (Lipinski definition) is 3. The molecule has 0 saturated heterocycles. The Hall–Kier alpha value is -1.17. The molecular weight excluding hydrogens is 385 g/mol. The van der Waals surface area contributed by atoms with Crippen molar-refractivity contribution in [2.45, 2.75) is 18.4 Å². The van der Waals surface area contributed by atoms with Crippen molar-refractivity contribution in [1.82, 2.24) is 4.98 Å². The van der Waals surface area contributed by atoms with E-state index < -0.39 is 11.4 Å². The zero-order chi connectivity index (χ0) is 16.6. The molecule has 1 atom stereocenters. The summed E-state index contributed by atoms with van der Waals surface area (Å²) in [4.78, 5) is 4.60. The maximum Gasteiger partial charge on any atom is 0.145 e. The second-order valence-corrected chi connectivity index (χ2v) is 6.68. The Kier molecular flexibility index (Phi) is 4.63. The fourth-order valence-electron chi connectivity index (χ4n) is 2.65. The maximum atomic E-state index is 13.4. The van der Waals surface area contributed by atoms with Gasteiger partial charge < -0.3 is 9.84 Å². The number of nitrogens with zero attached hydrogens (tertiary/aromatic N) is 1. The Balaban J connectivity index is 2.11. The van der Waals surface area contributed by atoms with Crippen LogP contribution in [0.3, 0.4) is 0 Å². The molecular formula is C17H16BrClFNO2. The summed E-state index contributed by atoms with van der Waals surface area (Å²) in [5.41, 5.74) is 0.744.